The number of rotatable bonds is 6. The van der Waals surface area contributed by atoms with E-state index < -0.39 is 5.97 Å². The minimum Gasteiger partial charge on any atom is -0.481 e. The van der Waals surface area contributed by atoms with Crippen LogP contribution < -0.4 is 4.90 Å². The number of fused-ring (bicyclic) bond motifs is 1. The summed E-state index contributed by atoms with van der Waals surface area (Å²) in [5.41, 5.74) is 6.54. The predicted octanol–water partition coefficient (Wildman–Crippen LogP) is 5.58. The summed E-state index contributed by atoms with van der Waals surface area (Å²) in [6.45, 7) is 13.6. The van der Waals surface area contributed by atoms with Crippen LogP contribution in [0.15, 0.2) is 42.6 Å². The summed E-state index contributed by atoms with van der Waals surface area (Å²) in [4.78, 5) is 31.0. The number of hydrogen-bond donors (Lipinski definition) is 1. The Bertz CT molecular complexity index is 1450. The van der Waals surface area contributed by atoms with Gasteiger partial charge in [-0.3, -0.25) is 9.69 Å². The molecule has 1 unspecified atom stereocenters. The van der Waals surface area contributed by atoms with E-state index in [0.29, 0.717) is 12.1 Å². The van der Waals surface area contributed by atoms with Gasteiger partial charge in [-0.15, -0.1) is 11.3 Å². The molecule has 0 amide bonds. The molecule has 1 N–H and O–H groups in total. The van der Waals surface area contributed by atoms with Crippen LogP contribution in [0.25, 0.3) is 32.0 Å². The lowest BCUT2D eigenvalue weighted by molar-refractivity contribution is -0.136. The lowest BCUT2D eigenvalue weighted by atomic mass is 9.93. The van der Waals surface area contributed by atoms with Gasteiger partial charge < -0.3 is 10.0 Å². The molecule has 4 aromatic rings. The average molecular weight is 516 g/mol. The topological polar surface area (TPSA) is 82.4 Å². The van der Waals surface area contributed by atoms with Crippen LogP contribution in [-0.4, -0.2) is 62.6 Å². The molecule has 1 aliphatic rings. The Kier molecular flexibility index (Phi) is 6.96. The van der Waals surface area contributed by atoms with Gasteiger partial charge in [-0.05, 0) is 63.4 Å². The maximum atomic E-state index is 11.8. The first-order valence-corrected chi connectivity index (χ1v) is 13.6. The van der Waals surface area contributed by atoms with Crippen LogP contribution in [0.1, 0.15) is 37.5 Å². The first-order chi connectivity index (χ1) is 17.7. The first-order valence-electron chi connectivity index (χ1n) is 12.8. The fourth-order valence-corrected chi connectivity index (χ4v) is 6.22. The summed E-state index contributed by atoms with van der Waals surface area (Å²) in [7, 11) is 0. The van der Waals surface area contributed by atoms with Crippen LogP contribution in [0.2, 0.25) is 0 Å². The zero-order valence-electron chi connectivity index (χ0n) is 22.0. The van der Waals surface area contributed by atoms with Gasteiger partial charge in [0.2, 0.25) is 5.95 Å². The van der Waals surface area contributed by atoms with Crippen LogP contribution in [0, 0.1) is 13.8 Å². The number of anilines is 1. The van der Waals surface area contributed by atoms with Gasteiger partial charge in [0.1, 0.15) is 10.7 Å². The molecule has 192 valence electrons. The van der Waals surface area contributed by atoms with E-state index in [9.17, 15) is 9.90 Å². The predicted molar refractivity (Wildman–Crippen MR) is 150 cm³/mol. The van der Waals surface area contributed by atoms with E-state index >= 15 is 0 Å². The number of carboxylic acids is 1. The van der Waals surface area contributed by atoms with E-state index in [1.165, 1.54) is 0 Å². The molecule has 0 radical (unpaired) electrons. The third-order valence-electron chi connectivity index (χ3n) is 7.19. The molecule has 2 aromatic heterocycles. The Labute approximate surface area is 221 Å². The van der Waals surface area contributed by atoms with Crippen LogP contribution in [-0.2, 0) is 11.2 Å². The molecule has 3 heterocycles. The van der Waals surface area contributed by atoms with Crippen molar-refractivity contribution in [2.24, 2.45) is 0 Å². The van der Waals surface area contributed by atoms with Gasteiger partial charge in [0.15, 0.2) is 0 Å². The van der Waals surface area contributed by atoms with Crippen LogP contribution in [0.3, 0.4) is 0 Å². The quantitative estimate of drug-likeness (QED) is 0.359. The van der Waals surface area contributed by atoms with Crippen molar-refractivity contribution in [1.82, 2.24) is 19.9 Å². The number of carbonyl (C=O) groups is 1. The third kappa shape index (κ3) is 5.08. The van der Waals surface area contributed by atoms with Gasteiger partial charge >= 0.3 is 5.97 Å². The SMILES string of the molecule is Cc1ccc(-c2c(CC(=O)O)c(C)cc3nc(-c4ccnc(N5CCN(C(C)C)CC5C)n4)sc23)cc1. The first kappa shape index (κ1) is 25.3. The molecular weight excluding hydrogens is 482 g/mol. The Morgan fingerprint density at radius 1 is 1.14 bits per heavy atom. The summed E-state index contributed by atoms with van der Waals surface area (Å²) in [5, 5.41) is 10.5. The highest BCUT2D eigenvalue weighted by atomic mass is 32.1. The van der Waals surface area contributed by atoms with E-state index in [-0.39, 0.29) is 6.42 Å². The maximum Gasteiger partial charge on any atom is 0.307 e. The van der Waals surface area contributed by atoms with Gasteiger partial charge in [-0.1, -0.05) is 29.8 Å². The number of benzene rings is 2. The average Bonchev–Trinajstić information content (AvgIpc) is 3.28. The van der Waals surface area contributed by atoms with Crippen molar-refractivity contribution < 1.29 is 9.90 Å². The molecule has 1 aliphatic heterocycles. The number of aromatic nitrogens is 3. The number of carboxylic acid groups (broad SMARTS) is 1. The summed E-state index contributed by atoms with van der Waals surface area (Å²) < 4.78 is 0.986. The fourth-order valence-electron chi connectivity index (χ4n) is 5.11. The molecule has 1 atom stereocenters. The van der Waals surface area contributed by atoms with Gasteiger partial charge in [0, 0.05) is 43.5 Å². The number of aliphatic carboxylic acids is 1. The van der Waals surface area contributed by atoms with Crippen LogP contribution in [0.5, 0.6) is 0 Å². The lowest BCUT2D eigenvalue weighted by Crippen LogP contribution is -2.54. The molecule has 8 heteroatoms. The minimum atomic E-state index is -0.840. The maximum absolute atomic E-state index is 11.8. The Balaban J connectivity index is 1.57. The Hall–Kier alpha value is -3.36. The molecule has 5 rings (SSSR count). The number of thiazole rings is 1. The van der Waals surface area contributed by atoms with E-state index in [1.54, 1.807) is 11.3 Å². The van der Waals surface area contributed by atoms with Crippen molar-refractivity contribution in [3.8, 4) is 21.8 Å². The van der Waals surface area contributed by atoms with Crippen molar-refractivity contribution in [1.29, 1.82) is 0 Å². The standard InChI is InChI=1S/C29H33N5O2S/c1-17(2)33-12-13-34(20(5)16-33)29-30-11-10-23(32-29)28-31-24-14-19(4)22(15-25(35)36)26(27(24)37-28)21-8-6-18(3)7-9-21/h6-11,14,17,20H,12-13,15-16H2,1-5H3,(H,35,36). The van der Waals surface area contributed by atoms with E-state index in [2.05, 4.69) is 66.7 Å². The Morgan fingerprint density at radius 3 is 2.57 bits per heavy atom. The van der Waals surface area contributed by atoms with Gasteiger partial charge in [0.05, 0.1) is 16.6 Å². The molecule has 0 aliphatic carbocycles. The van der Waals surface area contributed by atoms with Gasteiger partial charge in [-0.25, -0.2) is 15.0 Å². The second-order valence-corrected chi connectivity index (χ2v) is 11.2. The van der Waals surface area contributed by atoms with E-state index in [4.69, 9.17) is 9.97 Å². The molecule has 7 nitrogen and oxygen atoms in total. The largest absolute Gasteiger partial charge is 0.481 e. The molecule has 2 aromatic carbocycles. The molecule has 1 saturated heterocycles. The number of aryl methyl sites for hydroxylation is 2. The summed E-state index contributed by atoms with van der Waals surface area (Å²) in [5.74, 6) is -0.109. The number of piperazine rings is 1. The van der Waals surface area contributed by atoms with Crippen molar-refractivity contribution in [3.63, 3.8) is 0 Å². The summed E-state index contributed by atoms with van der Waals surface area (Å²) in [6.07, 6.45) is 1.78. The lowest BCUT2D eigenvalue weighted by Gasteiger charge is -2.41. The molecule has 0 spiro atoms. The highest BCUT2D eigenvalue weighted by Crippen LogP contribution is 2.40. The second-order valence-electron chi connectivity index (χ2n) is 10.2. The molecule has 0 bridgehead atoms. The third-order valence-corrected chi connectivity index (χ3v) is 8.30. The van der Waals surface area contributed by atoms with Crippen molar-refractivity contribution in [2.75, 3.05) is 24.5 Å². The van der Waals surface area contributed by atoms with E-state index in [1.807, 2.05) is 25.3 Å². The molecule has 37 heavy (non-hydrogen) atoms. The number of hydrogen-bond acceptors (Lipinski definition) is 7. The molecule has 1 fully saturated rings. The smallest absolute Gasteiger partial charge is 0.307 e. The Morgan fingerprint density at radius 2 is 1.89 bits per heavy atom. The van der Waals surface area contributed by atoms with Crippen molar-refractivity contribution >= 4 is 33.5 Å². The van der Waals surface area contributed by atoms with Crippen LogP contribution >= 0.6 is 11.3 Å². The van der Waals surface area contributed by atoms with Gasteiger partial charge in [-0.2, -0.15) is 0 Å². The monoisotopic (exact) mass is 515 g/mol. The van der Waals surface area contributed by atoms with Crippen LogP contribution in [0.4, 0.5) is 5.95 Å². The zero-order chi connectivity index (χ0) is 26.3. The number of nitrogens with zero attached hydrogens (tertiary/aromatic N) is 5. The summed E-state index contributed by atoms with van der Waals surface area (Å²) >= 11 is 1.57. The highest BCUT2D eigenvalue weighted by Gasteiger charge is 2.27. The fraction of sp³-hybridized carbons (Fsp3) is 0.379. The normalized spacial score (nSPS) is 16.6. The van der Waals surface area contributed by atoms with Gasteiger partial charge in [0.25, 0.3) is 0 Å². The highest BCUT2D eigenvalue weighted by molar-refractivity contribution is 7.22. The van der Waals surface area contributed by atoms with E-state index in [0.717, 1.165) is 74.3 Å². The minimum absolute atomic E-state index is 0.0316. The molecule has 0 saturated carbocycles. The van der Waals surface area contributed by atoms with Crippen molar-refractivity contribution in [3.05, 3.63) is 59.3 Å². The second kappa shape index (κ2) is 10.2. The summed E-state index contributed by atoms with van der Waals surface area (Å²) in [6, 6.07) is 13.0. The van der Waals surface area contributed by atoms with Crippen molar-refractivity contribution in [2.45, 2.75) is 53.1 Å². The zero-order valence-corrected chi connectivity index (χ0v) is 22.8. The molecular formula is C29H33N5O2S.